The van der Waals surface area contributed by atoms with Gasteiger partial charge in [-0.1, -0.05) is 23.2 Å². The van der Waals surface area contributed by atoms with Gasteiger partial charge in [-0.25, -0.2) is 4.79 Å². The van der Waals surface area contributed by atoms with Gasteiger partial charge in [-0.2, -0.15) is 0 Å². The van der Waals surface area contributed by atoms with Crippen molar-refractivity contribution in [3.8, 4) is 0 Å². The van der Waals surface area contributed by atoms with Crippen LogP contribution in [0.3, 0.4) is 0 Å². The second-order valence-electron chi connectivity index (χ2n) is 4.87. The van der Waals surface area contributed by atoms with E-state index < -0.39 is 12.0 Å². The Bertz CT molecular complexity index is 583. The van der Waals surface area contributed by atoms with Crippen LogP contribution in [-0.2, 0) is 4.79 Å². The van der Waals surface area contributed by atoms with Crippen LogP contribution in [0.25, 0.3) is 0 Å². The number of rotatable bonds is 3. The summed E-state index contributed by atoms with van der Waals surface area (Å²) in [5.74, 6) is -1.21. The van der Waals surface area contributed by atoms with Crippen molar-refractivity contribution < 1.29 is 14.7 Å². The molecule has 1 aromatic rings. The van der Waals surface area contributed by atoms with E-state index in [1.54, 1.807) is 12.1 Å². The molecule has 0 aliphatic heterocycles. The summed E-state index contributed by atoms with van der Waals surface area (Å²) in [6.45, 7) is 0. The summed E-state index contributed by atoms with van der Waals surface area (Å²) in [5.41, 5.74) is 0.398. The van der Waals surface area contributed by atoms with E-state index in [4.69, 9.17) is 28.3 Å². The minimum absolute atomic E-state index is 0.143. The van der Waals surface area contributed by atoms with Crippen LogP contribution in [0.4, 0.5) is 10.5 Å². The molecule has 114 valence electrons. The molecule has 1 aliphatic carbocycles. The molecule has 0 heterocycles. The summed E-state index contributed by atoms with van der Waals surface area (Å²) in [6, 6.07) is 2.74. The minimum atomic E-state index is -0.817. The Labute approximate surface area is 140 Å². The number of hydrogen-bond acceptors (Lipinski definition) is 2. The monoisotopic (exact) mass is 394 g/mol. The van der Waals surface area contributed by atoms with E-state index in [-0.39, 0.29) is 17.0 Å². The largest absolute Gasteiger partial charge is 0.481 e. The van der Waals surface area contributed by atoms with Crippen molar-refractivity contribution in [3.63, 3.8) is 0 Å². The minimum Gasteiger partial charge on any atom is -0.481 e. The van der Waals surface area contributed by atoms with Crippen molar-refractivity contribution in [2.24, 2.45) is 5.92 Å². The van der Waals surface area contributed by atoms with Crippen LogP contribution < -0.4 is 10.6 Å². The predicted octanol–water partition coefficient (Wildman–Crippen LogP) is 4.13. The average Bonchev–Trinajstić information content (AvgIpc) is 2.88. The average molecular weight is 396 g/mol. The lowest BCUT2D eigenvalue weighted by molar-refractivity contribution is -0.141. The van der Waals surface area contributed by atoms with Crippen LogP contribution in [0.15, 0.2) is 16.6 Å². The van der Waals surface area contributed by atoms with Crippen molar-refractivity contribution in [2.45, 2.75) is 25.3 Å². The van der Waals surface area contributed by atoms with Crippen LogP contribution in [0, 0.1) is 5.92 Å². The van der Waals surface area contributed by atoms with Gasteiger partial charge in [-0.05, 0) is 47.3 Å². The number of anilines is 1. The van der Waals surface area contributed by atoms with Gasteiger partial charge >= 0.3 is 12.0 Å². The number of aliphatic carboxylic acids is 1. The number of amides is 2. The first-order valence-corrected chi connectivity index (χ1v) is 7.87. The highest BCUT2D eigenvalue weighted by Crippen LogP contribution is 2.35. The zero-order valence-corrected chi connectivity index (χ0v) is 13.9. The fourth-order valence-corrected chi connectivity index (χ4v) is 3.12. The van der Waals surface area contributed by atoms with Crippen LogP contribution >= 0.6 is 39.1 Å². The molecule has 0 radical (unpaired) electrons. The summed E-state index contributed by atoms with van der Waals surface area (Å²) in [4.78, 5) is 22.8. The predicted molar refractivity (Wildman–Crippen MR) is 85.1 cm³/mol. The second-order valence-corrected chi connectivity index (χ2v) is 6.48. The number of nitrogens with one attached hydrogen (secondary N) is 2. The molecule has 1 aromatic carbocycles. The van der Waals surface area contributed by atoms with E-state index in [0.717, 1.165) is 0 Å². The van der Waals surface area contributed by atoms with E-state index in [1.165, 1.54) is 0 Å². The van der Waals surface area contributed by atoms with E-state index in [9.17, 15) is 9.59 Å². The van der Waals surface area contributed by atoms with E-state index in [1.807, 2.05) is 0 Å². The SMILES string of the molecule is O=C(Nc1ccc(Br)c(Cl)c1Cl)N[C@H]1CC[C@@H](C(=O)O)C1. The maximum absolute atomic E-state index is 11.9. The Morgan fingerprint density at radius 3 is 2.57 bits per heavy atom. The molecule has 1 fully saturated rings. The van der Waals surface area contributed by atoms with Crippen molar-refractivity contribution in [2.75, 3.05) is 5.32 Å². The summed E-state index contributed by atoms with van der Waals surface area (Å²) >= 11 is 15.3. The Hall–Kier alpha value is -0.980. The summed E-state index contributed by atoms with van der Waals surface area (Å²) in [5, 5.41) is 14.9. The first kappa shape index (κ1) is 16.4. The number of carbonyl (C=O) groups excluding carboxylic acids is 1. The number of halogens is 3. The van der Waals surface area contributed by atoms with Crippen LogP contribution in [0.1, 0.15) is 19.3 Å². The maximum atomic E-state index is 11.9. The van der Waals surface area contributed by atoms with Crippen molar-refractivity contribution >= 4 is 56.8 Å². The number of hydrogen-bond donors (Lipinski definition) is 3. The topological polar surface area (TPSA) is 78.4 Å². The number of carboxylic acids is 1. The molecular formula is C13H13BrCl2N2O3. The molecule has 0 bridgehead atoms. The van der Waals surface area contributed by atoms with E-state index >= 15 is 0 Å². The molecule has 21 heavy (non-hydrogen) atoms. The second kappa shape index (κ2) is 6.85. The Morgan fingerprint density at radius 1 is 1.24 bits per heavy atom. The summed E-state index contributed by atoms with van der Waals surface area (Å²) in [6.07, 6.45) is 1.67. The molecule has 3 N–H and O–H groups in total. The lowest BCUT2D eigenvalue weighted by atomic mass is 10.1. The fraction of sp³-hybridized carbons (Fsp3) is 0.385. The zero-order valence-electron chi connectivity index (χ0n) is 10.8. The molecule has 0 aromatic heterocycles. The molecule has 2 rings (SSSR count). The molecule has 0 unspecified atom stereocenters. The van der Waals surface area contributed by atoms with Gasteiger partial charge in [0.25, 0.3) is 0 Å². The summed E-state index contributed by atoms with van der Waals surface area (Å²) < 4.78 is 0.639. The van der Waals surface area contributed by atoms with E-state index in [0.29, 0.717) is 34.4 Å². The molecule has 1 saturated carbocycles. The highest BCUT2D eigenvalue weighted by molar-refractivity contribution is 9.10. The normalized spacial score (nSPS) is 21.1. The molecule has 0 saturated heterocycles. The van der Waals surface area contributed by atoms with Crippen LogP contribution in [0.5, 0.6) is 0 Å². The smallest absolute Gasteiger partial charge is 0.319 e. The van der Waals surface area contributed by atoms with Gasteiger partial charge in [0.2, 0.25) is 0 Å². The number of benzene rings is 1. The van der Waals surface area contributed by atoms with Gasteiger partial charge in [0.15, 0.2) is 0 Å². The lowest BCUT2D eigenvalue weighted by Crippen LogP contribution is -2.36. The van der Waals surface area contributed by atoms with Gasteiger partial charge in [0.1, 0.15) is 0 Å². The Balaban J connectivity index is 1.94. The Kier molecular flexibility index (Phi) is 5.35. The number of carboxylic acid groups (broad SMARTS) is 1. The van der Waals surface area contributed by atoms with Gasteiger partial charge in [-0.3, -0.25) is 4.79 Å². The molecule has 1 aliphatic rings. The van der Waals surface area contributed by atoms with Crippen LogP contribution in [0.2, 0.25) is 10.0 Å². The molecule has 5 nitrogen and oxygen atoms in total. The molecular weight excluding hydrogens is 383 g/mol. The third-order valence-corrected chi connectivity index (χ3v) is 5.17. The third-order valence-electron chi connectivity index (χ3n) is 3.40. The zero-order chi connectivity index (χ0) is 15.6. The quantitative estimate of drug-likeness (QED) is 0.673. The first-order valence-electron chi connectivity index (χ1n) is 6.32. The van der Waals surface area contributed by atoms with Crippen molar-refractivity contribution in [1.29, 1.82) is 0 Å². The molecule has 2 amide bonds. The summed E-state index contributed by atoms with van der Waals surface area (Å²) in [7, 11) is 0. The van der Waals surface area contributed by atoms with Crippen LogP contribution in [-0.4, -0.2) is 23.1 Å². The highest BCUT2D eigenvalue weighted by atomic mass is 79.9. The first-order chi connectivity index (χ1) is 9.88. The number of carbonyl (C=O) groups is 2. The van der Waals surface area contributed by atoms with Gasteiger partial charge in [0.05, 0.1) is 21.7 Å². The molecule has 0 spiro atoms. The standard InChI is InChI=1S/C13H13BrCl2N2O3/c14-8-3-4-9(11(16)10(8)15)18-13(21)17-7-2-1-6(5-7)12(19)20/h3-4,6-7H,1-2,5H2,(H,19,20)(H2,17,18,21)/t6-,7+/m1/s1. The third kappa shape index (κ3) is 4.02. The van der Waals surface area contributed by atoms with Gasteiger partial charge in [-0.15, -0.1) is 0 Å². The lowest BCUT2D eigenvalue weighted by Gasteiger charge is -2.14. The Morgan fingerprint density at radius 2 is 1.95 bits per heavy atom. The molecule has 2 atom stereocenters. The van der Waals surface area contributed by atoms with E-state index in [2.05, 4.69) is 26.6 Å². The van der Waals surface area contributed by atoms with Crippen molar-refractivity contribution in [1.82, 2.24) is 5.32 Å². The maximum Gasteiger partial charge on any atom is 0.319 e. The van der Waals surface area contributed by atoms with Gasteiger partial charge < -0.3 is 15.7 Å². The number of urea groups is 1. The van der Waals surface area contributed by atoms with Gasteiger partial charge in [0, 0.05) is 10.5 Å². The molecule has 8 heteroatoms. The highest BCUT2D eigenvalue weighted by Gasteiger charge is 2.30. The van der Waals surface area contributed by atoms with Crippen molar-refractivity contribution in [3.05, 3.63) is 26.7 Å². The fourth-order valence-electron chi connectivity index (χ4n) is 2.30.